The smallest absolute Gasteiger partial charge is 0.337 e. The number of benzene rings is 1. The Balaban J connectivity index is 1.27. The number of alkyl halides is 3. The zero-order valence-electron chi connectivity index (χ0n) is 19.7. The molecule has 1 N–H and O–H groups in total. The summed E-state index contributed by atoms with van der Waals surface area (Å²) in [7, 11) is 0. The molecule has 2 aliphatic rings. The summed E-state index contributed by atoms with van der Waals surface area (Å²) in [5, 5.41) is 18.8. The molecule has 2 aromatic heterocycles. The van der Waals surface area contributed by atoms with Crippen LogP contribution in [0.25, 0.3) is 0 Å². The molecular weight excluding hydrogens is 494 g/mol. The first-order chi connectivity index (χ1) is 17.6. The number of amides is 1. The predicted octanol–water partition coefficient (Wildman–Crippen LogP) is 2.55. The quantitative estimate of drug-likeness (QED) is 0.527. The van der Waals surface area contributed by atoms with Gasteiger partial charge in [0.1, 0.15) is 17.5 Å². The Kier molecular flexibility index (Phi) is 6.24. The number of hydrogen-bond donors (Lipinski definition) is 1. The van der Waals surface area contributed by atoms with E-state index >= 15 is 0 Å². The molecule has 37 heavy (non-hydrogen) atoms. The van der Waals surface area contributed by atoms with Crippen molar-refractivity contribution in [2.24, 2.45) is 0 Å². The summed E-state index contributed by atoms with van der Waals surface area (Å²) >= 11 is 0. The van der Waals surface area contributed by atoms with Gasteiger partial charge in [-0.2, -0.15) is 18.4 Å². The second-order valence-electron chi connectivity index (χ2n) is 8.84. The molecule has 0 bridgehead atoms. The summed E-state index contributed by atoms with van der Waals surface area (Å²) in [4.78, 5) is 25.3. The molecule has 4 heterocycles. The molecular formula is C23H21F4N9O. The van der Waals surface area contributed by atoms with E-state index in [-0.39, 0.29) is 49.2 Å². The van der Waals surface area contributed by atoms with Gasteiger partial charge in [0.15, 0.2) is 5.82 Å². The van der Waals surface area contributed by atoms with Gasteiger partial charge in [-0.05, 0) is 31.5 Å². The maximum absolute atomic E-state index is 14.4. The lowest BCUT2D eigenvalue weighted by Gasteiger charge is -2.32. The highest BCUT2D eigenvalue weighted by atomic mass is 19.4. The van der Waals surface area contributed by atoms with Crippen molar-refractivity contribution in [2.75, 3.05) is 25.0 Å². The van der Waals surface area contributed by atoms with Crippen LogP contribution in [0.4, 0.5) is 29.1 Å². The molecule has 0 radical (unpaired) electrons. The maximum atomic E-state index is 14.4. The minimum atomic E-state index is -4.60. The molecule has 14 heteroatoms. The van der Waals surface area contributed by atoms with Crippen molar-refractivity contribution >= 4 is 17.4 Å². The number of nitrogens with zero attached hydrogens (tertiary/aromatic N) is 8. The number of anilines is 2. The fourth-order valence-corrected chi connectivity index (χ4v) is 4.53. The largest absolute Gasteiger partial charge is 0.451 e. The third-order valence-corrected chi connectivity index (χ3v) is 6.33. The number of nitriles is 1. The van der Waals surface area contributed by atoms with Gasteiger partial charge in [0.05, 0.1) is 36.1 Å². The Morgan fingerprint density at radius 2 is 1.97 bits per heavy atom. The molecule has 0 aliphatic carbocycles. The molecule has 0 fully saturated rings. The molecule has 5 rings (SSSR count). The summed E-state index contributed by atoms with van der Waals surface area (Å²) in [6.45, 7) is 2.70. The summed E-state index contributed by atoms with van der Waals surface area (Å²) in [5.74, 6) is -0.818. The van der Waals surface area contributed by atoms with E-state index in [9.17, 15) is 22.4 Å². The third-order valence-electron chi connectivity index (χ3n) is 6.33. The number of rotatable bonds is 4. The van der Waals surface area contributed by atoms with Gasteiger partial charge in [-0.15, -0.1) is 10.2 Å². The molecule has 2 aliphatic heterocycles. The van der Waals surface area contributed by atoms with Crippen molar-refractivity contribution in [3.05, 3.63) is 58.3 Å². The lowest BCUT2D eigenvalue weighted by atomic mass is 10.0. The van der Waals surface area contributed by atoms with Crippen LogP contribution < -0.4 is 5.32 Å². The van der Waals surface area contributed by atoms with Gasteiger partial charge in [0.25, 0.3) is 0 Å². The standard InChI is InChI=1S/C23H21F4N9O/c1-13-29-18-10-34(5-4-15(18)21(30-13)31-17-3-2-14(9-28)8-16(17)24)12-20(37)35-6-7-36-19(11-35)32-33-22(36)23(25,26)27/h2-3,8H,4-7,10-12H2,1H3,(H,29,30,31). The average molecular weight is 515 g/mol. The van der Waals surface area contributed by atoms with Crippen LogP contribution in [-0.2, 0) is 37.0 Å². The molecule has 0 spiro atoms. The first-order valence-corrected chi connectivity index (χ1v) is 11.4. The number of hydrogen-bond acceptors (Lipinski definition) is 8. The van der Waals surface area contributed by atoms with Gasteiger partial charge in [0, 0.05) is 31.7 Å². The van der Waals surface area contributed by atoms with Crippen molar-refractivity contribution in [2.45, 2.75) is 39.2 Å². The fraction of sp³-hybridized carbons (Fsp3) is 0.391. The number of aryl methyl sites for hydroxylation is 1. The van der Waals surface area contributed by atoms with Crippen LogP contribution >= 0.6 is 0 Å². The molecule has 3 aromatic rings. The van der Waals surface area contributed by atoms with Crippen LogP contribution in [0.15, 0.2) is 18.2 Å². The number of halogens is 4. The monoisotopic (exact) mass is 515 g/mol. The first kappa shape index (κ1) is 24.6. The fourth-order valence-electron chi connectivity index (χ4n) is 4.53. The van der Waals surface area contributed by atoms with Crippen molar-refractivity contribution < 1.29 is 22.4 Å². The highest BCUT2D eigenvalue weighted by molar-refractivity contribution is 5.78. The van der Waals surface area contributed by atoms with E-state index in [4.69, 9.17) is 5.26 Å². The van der Waals surface area contributed by atoms with E-state index in [1.807, 2.05) is 11.0 Å². The number of aromatic nitrogens is 5. The van der Waals surface area contributed by atoms with E-state index in [1.54, 1.807) is 6.92 Å². The van der Waals surface area contributed by atoms with Crippen molar-refractivity contribution in [3.63, 3.8) is 0 Å². The van der Waals surface area contributed by atoms with Crippen LogP contribution in [-0.4, -0.2) is 60.1 Å². The van der Waals surface area contributed by atoms with Crippen LogP contribution in [0.5, 0.6) is 0 Å². The van der Waals surface area contributed by atoms with Crippen LogP contribution in [0.1, 0.15) is 34.3 Å². The number of nitrogens with one attached hydrogen (secondary N) is 1. The summed E-state index contributed by atoms with van der Waals surface area (Å²) in [6.07, 6.45) is -4.09. The molecule has 0 saturated heterocycles. The van der Waals surface area contributed by atoms with Gasteiger partial charge in [0.2, 0.25) is 11.7 Å². The molecule has 1 amide bonds. The molecule has 0 unspecified atom stereocenters. The molecule has 10 nitrogen and oxygen atoms in total. The first-order valence-electron chi connectivity index (χ1n) is 11.4. The van der Waals surface area contributed by atoms with Gasteiger partial charge in [-0.1, -0.05) is 0 Å². The Hall–Kier alpha value is -4.12. The van der Waals surface area contributed by atoms with Gasteiger partial charge >= 0.3 is 6.18 Å². The lowest BCUT2D eigenvalue weighted by Crippen LogP contribution is -2.45. The average Bonchev–Trinajstić information content (AvgIpc) is 3.29. The van der Waals surface area contributed by atoms with Gasteiger partial charge < -0.3 is 14.8 Å². The Morgan fingerprint density at radius 3 is 2.70 bits per heavy atom. The van der Waals surface area contributed by atoms with E-state index in [0.29, 0.717) is 36.8 Å². The van der Waals surface area contributed by atoms with E-state index in [2.05, 4.69) is 25.5 Å². The zero-order valence-corrected chi connectivity index (χ0v) is 19.7. The Bertz CT molecular complexity index is 1410. The zero-order chi connectivity index (χ0) is 26.3. The summed E-state index contributed by atoms with van der Waals surface area (Å²) in [5.41, 5.74) is 1.91. The van der Waals surface area contributed by atoms with E-state index in [0.717, 1.165) is 16.2 Å². The normalized spacial score (nSPS) is 15.6. The summed E-state index contributed by atoms with van der Waals surface area (Å²) < 4.78 is 54.6. The number of fused-ring (bicyclic) bond motifs is 2. The SMILES string of the molecule is Cc1nc2c(c(Nc3ccc(C#N)cc3F)n1)CCN(CC(=O)N1CCn3c(nnc3C(F)(F)F)C1)C2. The van der Waals surface area contributed by atoms with Crippen LogP contribution in [0, 0.1) is 24.1 Å². The number of carbonyl (C=O) groups excluding carboxylic acids is 1. The van der Waals surface area contributed by atoms with Crippen molar-refractivity contribution in [1.82, 2.24) is 34.5 Å². The maximum Gasteiger partial charge on any atom is 0.451 e. The van der Waals surface area contributed by atoms with E-state index in [1.165, 1.54) is 17.0 Å². The molecule has 1 aromatic carbocycles. The topological polar surface area (TPSA) is 116 Å². The highest BCUT2D eigenvalue weighted by Crippen LogP contribution is 2.30. The van der Waals surface area contributed by atoms with Crippen molar-refractivity contribution in [1.29, 1.82) is 5.26 Å². The molecule has 192 valence electrons. The second-order valence-corrected chi connectivity index (χ2v) is 8.84. The van der Waals surface area contributed by atoms with Gasteiger partial charge in [-0.3, -0.25) is 9.69 Å². The molecule has 0 atom stereocenters. The minimum absolute atomic E-state index is 0.0287. The van der Waals surface area contributed by atoms with Crippen LogP contribution in [0.3, 0.4) is 0 Å². The Morgan fingerprint density at radius 1 is 1.16 bits per heavy atom. The van der Waals surface area contributed by atoms with Crippen LogP contribution in [0.2, 0.25) is 0 Å². The minimum Gasteiger partial charge on any atom is -0.337 e. The lowest BCUT2D eigenvalue weighted by molar-refractivity contribution is -0.148. The highest BCUT2D eigenvalue weighted by Gasteiger charge is 2.40. The third kappa shape index (κ3) is 4.94. The number of carbonyl (C=O) groups is 1. The molecule has 0 saturated carbocycles. The summed E-state index contributed by atoms with van der Waals surface area (Å²) in [6, 6.07) is 6.01. The van der Waals surface area contributed by atoms with E-state index < -0.39 is 17.8 Å². The second kappa shape index (κ2) is 9.40. The van der Waals surface area contributed by atoms with Crippen molar-refractivity contribution in [3.8, 4) is 6.07 Å². The predicted molar refractivity (Wildman–Crippen MR) is 121 cm³/mol. The Labute approximate surface area is 208 Å². The van der Waals surface area contributed by atoms with Gasteiger partial charge in [-0.25, -0.2) is 14.4 Å².